The van der Waals surface area contributed by atoms with Crippen molar-refractivity contribution < 1.29 is 26.7 Å². The monoisotopic (exact) mass is 258 g/mol. The van der Waals surface area contributed by atoms with Gasteiger partial charge in [0.25, 0.3) is 0 Å². The quantitative estimate of drug-likeness (QED) is 0.344. The Hall–Kier alpha value is -1.17. The van der Waals surface area contributed by atoms with Gasteiger partial charge < -0.3 is 0 Å². The first kappa shape index (κ1) is 12.9. The molecule has 0 saturated carbocycles. The van der Waals surface area contributed by atoms with Gasteiger partial charge in [-0.05, 0) is 18.5 Å². The molecular weight excluding hydrogens is 255 g/mol. The minimum Gasteiger partial charge on any atom is -0.281 e. The number of carbonyl (C=O) groups is 1. The summed E-state index contributed by atoms with van der Waals surface area (Å²) in [6, 6.07) is 0. The summed E-state index contributed by atoms with van der Waals surface area (Å²) >= 11 is 4.94. The minimum absolute atomic E-state index is 0.938. The van der Waals surface area contributed by atoms with Crippen LogP contribution in [-0.2, 0) is 4.79 Å². The molecule has 0 N–H and O–H groups in total. The first-order valence-corrected chi connectivity index (χ1v) is 4.37. The minimum atomic E-state index is -2.27. The van der Waals surface area contributed by atoms with Crippen LogP contribution in [0.25, 0.3) is 0 Å². The Morgan fingerprint density at radius 3 is 1.56 bits per heavy atom. The van der Waals surface area contributed by atoms with Gasteiger partial charge >= 0.3 is 0 Å². The van der Waals surface area contributed by atoms with E-state index in [0.717, 1.165) is 6.92 Å². The van der Waals surface area contributed by atoms with Gasteiger partial charge in [-0.2, -0.15) is 0 Å². The second-order valence-electron chi connectivity index (χ2n) is 3.01. The lowest BCUT2D eigenvalue weighted by molar-refractivity contribution is -0.112. The lowest BCUT2D eigenvalue weighted by atomic mass is 10.0. The Labute approximate surface area is 91.8 Å². The molecule has 0 aliphatic rings. The van der Waals surface area contributed by atoms with Crippen molar-refractivity contribution in [2.24, 2.45) is 0 Å². The van der Waals surface area contributed by atoms with E-state index in [0.29, 0.717) is 0 Å². The van der Waals surface area contributed by atoms with Gasteiger partial charge in [-0.25, -0.2) is 22.0 Å². The molecule has 16 heavy (non-hydrogen) atoms. The van der Waals surface area contributed by atoms with Gasteiger partial charge in [0.15, 0.2) is 23.3 Å². The molecule has 0 fully saturated rings. The van der Waals surface area contributed by atoms with Crippen molar-refractivity contribution in [3.8, 4) is 0 Å². The van der Waals surface area contributed by atoms with Crippen LogP contribution in [0.2, 0.25) is 0 Å². The second-order valence-corrected chi connectivity index (χ2v) is 3.38. The van der Waals surface area contributed by atoms with E-state index in [4.69, 9.17) is 11.6 Å². The van der Waals surface area contributed by atoms with Crippen LogP contribution >= 0.6 is 11.6 Å². The van der Waals surface area contributed by atoms with Crippen LogP contribution in [0.4, 0.5) is 22.0 Å². The van der Waals surface area contributed by atoms with Crippen molar-refractivity contribution in [2.75, 3.05) is 0 Å². The number of hydrogen-bond acceptors (Lipinski definition) is 1. The number of hydrogen-bond donors (Lipinski definition) is 0. The molecule has 0 aliphatic heterocycles. The number of halogens is 6. The van der Waals surface area contributed by atoms with E-state index in [1.165, 1.54) is 0 Å². The van der Waals surface area contributed by atoms with Gasteiger partial charge in [0.1, 0.15) is 0 Å². The van der Waals surface area contributed by atoms with Crippen molar-refractivity contribution in [1.82, 2.24) is 0 Å². The highest BCUT2D eigenvalue weighted by atomic mass is 35.5. The molecule has 0 aliphatic carbocycles. The summed E-state index contributed by atoms with van der Waals surface area (Å²) in [5.41, 5.74) is -1.23. The van der Waals surface area contributed by atoms with Crippen LogP contribution < -0.4 is 0 Å². The Bertz CT molecular complexity index is 431. The van der Waals surface area contributed by atoms with E-state index in [1.807, 2.05) is 0 Å². The predicted octanol–water partition coefficient (Wildman–Crippen LogP) is 3.25. The SMILES string of the molecule is CC(C(=O)Cl)c1c(F)c(F)c(F)c(F)c1F. The van der Waals surface area contributed by atoms with Gasteiger partial charge in [0.2, 0.25) is 11.1 Å². The first-order valence-electron chi connectivity index (χ1n) is 3.99. The molecule has 0 radical (unpaired) electrons. The van der Waals surface area contributed by atoms with Crippen molar-refractivity contribution in [2.45, 2.75) is 12.8 Å². The highest BCUT2D eigenvalue weighted by Crippen LogP contribution is 2.29. The lowest BCUT2D eigenvalue weighted by Gasteiger charge is -2.11. The molecule has 88 valence electrons. The summed E-state index contributed by atoms with van der Waals surface area (Å²) < 4.78 is 64.2. The maximum Gasteiger partial charge on any atom is 0.229 e. The molecule has 1 nitrogen and oxygen atoms in total. The molecule has 1 unspecified atom stereocenters. The fourth-order valence-electron chi connectivity index (χ4n) is 1.12. The van der Waals surface area contributed by atoms with Gasteiger partial charge in [-0.15, -0.1) is 0 Å². The molecular formula is C9H4ClF5O. The first-order chi connectivity index (χ1) is 7.29. The Kier molecular flexibility index (Phi) is 3.52. The second kappa shape index (κ2) is 4.37. The molecule has 7 heteroatoms. The summed E-state index contributed by atoms with van der Waals surface area (Å²) in [5, 5.41) is -1.22. The highest BCUT2D eigenvalue weighted by molar-refractivity contribution is 6.64. The Morgan fingerprint density at radius 1 is 0.938 bits per heavy atom. The zero-order valence-corrected chi connectivity index (χ0v) is 8.51. The summed E-state index contributed by atoms with van der Waals surface area (Å²) in [6.45, 7) is 0.938. The third kappa shape index (κ3) is 1.89. The van der Waals surface area contributed by atoms with Crippen LogP contribution in [0.1, 0.15) is 18.4 Å². The average molecular weight is 259 g/mol. The van der Waals surface area contributed by atoms with Gasteiger partial charge in [0.05, 0.1) is 5.92 Å². The molecule has 1 aromatic rings. The Morgan fingerprint density at radius 2 is 1.25 bits per heavy atom. The lowest BCUT2D eigenvalue weighted by Crippen LogP contribution is -2.13. The van der Waals surface area contributed by atoms with E-state index in [9.17, 15) is 26.7 Å². The average Bonchev–Trinajstić information content (AvgIpc) is 2.23. The van der Waals surface area contributed by atoms with Crippen LogP contribution in [0.15, 0.2) is 0 Å². The van der Waals surface area contributed by atoms with Crippen LogP contribution in [0.3, 0.4) is 0 Å². The van der Waals surface area contributed by atoms with Crippen molar-refractivity contribution >= 4 is 16.8 Å². The van der Waals surface area contributed by atoms with E-state index in [1.54, 1.807) is 0 Å². The van der Waals surface area contributed by atoms with E-state index in [-0.39, 0.29) is 0 Å². The molecule has 0 aromatic heterocycles. The van der Waals surface area contributed by atoms with Crippen molar-refractivity contribution in [1.29, 1.82) is 0 Å². The van der Waals surface area contributed by atoms with E-state index < -0.39 is 45.8 Å². The van der Waals surface area contributed by atoms with E-state index in [2.05, 4.69) is 0 Å². The van der Waals surface area contributed by atoms with Crippen molar-refractivity contribution in [3.05, 3.63) is 34.6 Å². The molecule has 0 spiro atoms. The number of rotatable bonds is 2. The molecule has 1 aromatic carbocycles. The molecule has 0 heterocycles. The summed E-state index contributed by atoms with van der Waals surface area (Å²) in [5.74, 6) is -12.2. The predicted molar refractivity (Wildman–Crippen MR) is 45.5 cm³/mol. The highest BCUT2D eigenvalue weighted by Gasteiger charge is 2.30. The largest absolute Gasteiger partial charge is 0.281 e. The van der Waals surface area contributed by atoms with Crippen LogP contribution in [0, 0.1) is 29.1 Å². The van der Waals surface area contributed by atoms with Gasteiger partial charge in [-0.1, -0.05) is 0 Å². The fourth-order valence-corrected chi connectivity index (χ4v) is 1.22. The molecule has 1 rings (SSSR count). The zero-order chi connectivity index (χ0) is 12.6. The summed E-state index contributed by atoms with van der Waals surface area (Å²) in [6.07, 6.45) is 0. The summed E-state index contributed by atoms with van der Waals surface area (Å²) in [7, 11) is 0. The molecule has 0 saturated heterocycles. The number of benzene rings is 1. The normalized spacial score (nSPS) is 12.7. The maximum absolute atomic E-state index is 13.1. The van der Waals surface area contributed by atoms with Crippen molar-refractivity contribution in [3.63, 3.8) is 0 Å². The molecule has 1 atom stereocenters. The molecule has 0 bridgehead atoms. The Balaban J connectivity index is 3.57. The van der Waals surface area contributed by atoms with E-state index >= 15 is 0 Å². The third-order valence-corrected chi connectivity index (χ3v) is 2.34. The van der Waals surface area contributed by atoms with Crippen LogP contribution in [0.5, 0.6) is 0 Å². The fraction of sp³-hybridized carbons (Fsp3) is 0.222. The van der Waals surface area contributed by atoms with Crippen LogP contribution in [-0.4, -0.2) is 5.24 Å². The zero-order valence-electron chi connectivity index (χ0n) is 7.75. The molecule has 0 amide bonds. The third-order valence-electron chi connectivity index (χ3n) is 2.02. The topological polar surface area (TPSA) is 17.1 Å². The standard InChI is InChI=1S/C9H4ClF5O/c1-2(9(10)16)3-4(11)6(13)8(15)7(14)5(3)12/h2H,1H3. The number of carbonyl (C=O) groups excluding carboxylic acids is 1. The maximum atomic E-state index is 13.1. The van der Waals surface area contributed by atoms with Gasteiger partial charge in [0, 0.05) is 5.56 Å². The van der Waals surface area contributed by atoms with Gasteiger partial charge in [-0.3, -0.25) is 4.79 Å². The summed E-state index contributed by atoms with van der Waals surface area (Å²) in [4.78, 5) is 10.6. The smallest absolute Gasteiger partial charge is 0.229 e.